The molecule has 0 atom stereocenters. The van der Waals surface area contributed by atoms with Crippen LogP contribution in [0.3, 0.4) is 0 Å². The number of rotatable bonds is 7. The number of benzene rings is 1. The van der Waals surface area contributed by atoms with Gasteiger partial charge in [0.15, 0.2) is 0 Å². The molecule has 1 amide bonds. The Kier molecular flexibility index (Phi) is 6.01. The van der Waals surface area contributed by atoms with Crippen LogP contribution in [0.15, 0.2) is 30.5 Å². The van der Waals surface area contributed by atoms with Gasteiger partial charge in [-0.05, 0) is 26.0 Å². The van der Waals surface area contributed by atoms with Gasteiger partial charge in [-0.3, -0.25) is 4.79 Å². The van der Waals surface area contributed by atoms with Gasteiger partial charge >= 0.3 is 0 Å². The summed E-state index contributed by atoms with van der Waals surface area (Å²) in [4.78, 5) is 17.5. The maximum Gasteiger partial charge on any atom is 0.272 e. The van der Waals surface area contributed by atoms with Gasteiger partial charge in [0.2, 0.25) is 0 Å². The van der Waals surface area contributed by atoms with Gasteiger partial charge in [0.05, 0.1) is 37.8 Å². The van der Waals surface area contributed by atoms with Crippen LogP contribution in [-0.2, 0) is 4.74 Å². The fourth-order valence-electron chi connectivity index (χ4n) is 2.91. The van der Waals surface area contributed by atoms with Crippen molar-refractivity contribution < 1.29 is 19.0 Å². The Bertz CT molecular complexity index is 725. The molecule has 7 nitrogen and oxygen atoms in total. The largest absolute Gasteiger partial charge is 0.492 e. The Balaban J connectivity index is 1.94. The molecule has 2 heterocycles. The number of hydrogen-bond donors (Lipinski definition) is 2. The van der Waals surface area contributed by atoms with Crippen molar-refractivity contribution in [3.05, 3.63) is 36.2 Å². The quantitative estimate of drug-likeness (QED) is 0.795. The second-order valence-electron chi connectivity index (χ2n) is 5.82. The molecule has 0 bridgehead atoms. The van der Waals surface area contributed by atoms with Crippen molar-refractivity contribution in [2.45, 2.75) is 13.8 Å². The first kappa shape index (κ1) is 18.1. The Morgan fingerprint density at radius 1 is 1.19 bits per heavy atom. The van der Waals surface area contributed by atoms with Gasteiger partial charge in [0, 0.05) is 31.4 Å². The summed E-state index contributed by atoms with van der Waals surface area (Å²) in [6.45, 7) is 7.84. The normalized spacial score (nSPS) is 14.2. The first-order chi connectivity index (χ1) is 12.7. The number of aromatic amines is 1. The van der Waals surface area contributed by atoms with E-state index in [0.717, 1.165) is 24.5 Å². The molecule has 2 aromatic rings. The number of amides is 1. The zero-order chi connectivity index (χ0) is 18.4. The minimum atomic E-state index is -0.225. The predicted octanol–water partition coefficient (Wildman–Crippen LogP) is 2.90. The van der Waals surface area contributed by atoms with Crippen LogP contribution in [0.1, 0.15) is 24.3 Å². The van der Waals surface area contributed by atoms with Gasteiger partial charge in [-0.2, -0.15) is 0 Å². The minimum absolute atomic E-state index is 0.225. The highest BCUT2D eigenvalue weighted by Crippen LogP contribution is 2.39. The minimum Gasteiger partial charge on any atom is -0.492 e. The highest BCUT2D eigenvalue weighted by Gasteiger charge is 2.20. The zero-order valence-electron chi connectivity index (χ0n) is 15.2. The first-order valence-corrected chi connectivity index (χ1v) is 8.94. The lowest BCUT2D eigenvalue weighted by Gasteiger charge is -2.31. The van der Waals surface area contributed by atoms with Gasteiger partial charge in [-0.15, -0.1) is 0 Å². The third-order valence-electron chi connectivity index (χ3n) is 4.10. The molecule has 1 aromatic carbocycles. The van der Waals surface area contributed by atoms with E-state index < -0.39 is 0 Å². The van der Waals surface area contributed by atoms with Crippen LogP contribution in [0, 0.1) is 0 Å². The van der Waals surface area contributed by atoms with E-state index in [2.05, 4.69) is 15.2 Å². The number of ether oxygens (including phenoxy) is 3. The second-order valence-corrected chi connectivity index (χ2v) is 5.82. The molecule has 1 saturated heterocycles. The predicted molar refractivity (Wildman–Crippen MR) is 101 cm³/mol. The number of carbonyl (C=O) groups is 1. The average Bonchev–Trinajstić information content (AvgIpc) is 3.19. The van der Waals surface area contributed by atoms with Crippen molar-refractivity contribution >= 4 is 17.3 Å². The number of H-pyrrole nitrogens is 1. The lowest BCUT2D eigenvalue weighted by molar-refractivity contribution is 0.102. The number of nitrogens with one attached hydrogen (secondary N) is 2. The highest BCUT2D eigenvalue weighted by molar-refractivity contribution is 6.04. The summed E-state index contributed by atoms with van der Waals surface area (Å²) in [5, 5.41) is 2.91. The van der Waals surface area contributed by atoms with Gasteiger partial charge in [0.1, 0.15) is 17.2 Å². The van der Waals surface area contributed by atoms with E-state index in [-0.39, 0.29) is 5.91 Å². The third kappa shape index (κ3) is 4.11. The van der Waals surface area contributed by atoms with Crippen molar-refractivity contribution in [3.63, 3.8) is 0 Å². The zero-order valence-corrected chi connectivity index (χ0v) is 15.2. The van der Waals surface area contributed by atoms with Crippen molar-refractivity contribution in [2.75, 3.05) is 49.7 Å². The lowest BCUT2D eigenvalue weighted by atomic mass is 10.2. The van der Waals surface area contributed by atoms with Crippen molar-refractivity contribution in [3.8, 4) is 11.5 Å². The summed E-state index contributed by atoms with van der Waals surface area (Å²) in [6, 6.07) is 7.27. The summed E-state index contributed by atoms with van der Waals surface area (Å²) in [7, 11) is 0. The summed E-state index contributed by atoms with van der Waals surface area (Å²) in [6.07, 6.45) is 1.71. The molecule has 1 fully saturated rings. The topological polar surface area (TPSA) is 75.8 Å². The second kappa shape index (κ2) is 8.62. The molecule has 26 heavy (non-hydrogen) atoms. The van der Waals surface area contributed by atoms with E-state index in [9.17, 15) is 4.79 Å². The number of anilines is 2. The Hall–Kier alpha value is -2.67. The molecule has 7 heteroatoms. The fraction of sp³-hybridized carbons (Fsp3) is 0.421. The van der Waals surface area contributed by atoms with Crippen LogP contribution in [-0.4, -0.2) is 50.4 Å². The van der Waals surface area contributed by atoms with E-state index in [1.54, 1.807) is 18.3 Å². The number of hydrogen-bond acceptors (Lipinski definition) is 5. The molecular weight excluding hydrogens is 334 g/mol. The van der Waals surface area contributed by atoms with E-state index in [0.29, 0.717) is 43.6 Å². The molecule has 1 aliphatic rings. The van der Waals surface area contributed by atoms with Gasteiger partial charge in [-0.1, -0.05) is 0 Å². The smallest absolute Gasteiger partial charge is 0.272 e. The summed E-state index contributed by atoms with van der Waals surface area (Å²) >= 11 is 0. The van der Waals surface area contributed by atoms with E-state index in [1.807, 2.05) is 26.0 Å². The van der Waals surface area contributed by atoms with Crippen LogP contribution in [0.4, 0.5) is 11.4 Å². The van der Waals surface area contributed by atoms with Gasteiger partial charge in [0.25, 0.3) is 5.91 Å². The monoisotopic (exact) mass is 359 g/mol. The van der Waals surface area contributed by atoms with Crippen LogP contribution < -0.4 is 19.7 Å². The summed E-state index contributed by atoms with van der Waals surface area (Å²) in [5.41, 5.74) is 2.03. The Morgan fingerprint density at radius 2 is 1.92 bits per heavy atom. The first-order valence-electron chi connectivity index (χ1n) is 8.94. The summed E-state index contributed by atoms with van der Waals surface area (Å²) in [5.74, 6) is 1.12. The molecule has 0 saturated carbocycles. The molecule has 0 radical (unpaired) electrons. The number of nitrogens with zero attached hydrogens (tertiary/aromatic N) is 1. The number of aromatic nitrogens is 1. The molecule has 0 spiro atoms. The van der Waals surface area contributed by atoms with Crippen molar-refractivity contribution in [1.82, 2.24) is 4.98 Å². The van der Waals surface area contributed by atoms with Crippen LogP contribution in [0.5, 0.6) is 11.5 Å². The molecule has 1 aliphatic heterocycles. The fourth-order valence-corrected chi connectivity index (χ4v) is 2.91. The maximum absolute atomic E-state index is 12.4. The van der Waals surface area contributed by atoms with Crippen LogP contribution in [0.2, 0.25) is 0 Å². The third-order valence-corrected chi connectivity index (χ3v) is 4.10. The molecule has 2 N–H and O–H groups in total. The molecular formula is C19H25N3O4. The summed E-state index contributed by atoms with van der Waals surface area (Å²) < 4.78 is 17.1. The molecule has 1 aromatic heterocycles. The maximum atomic E-state index is 12.4. The SMILES string of the molecule is CCOc1cc(N2CCOCC2)c(OCC)cc1NC(=O)c1ccc[nH]1. The number of morpholine rings is 1. The standard InChI is InChI=1S/C19H25N3O4/c1-3-25-17-13-16(22-8-10-24-11-9-22)18(26-4-2)12-15(17)21-19(23)14-6-5-7-20-14/h5-7,12-13,20H,3-4,8-11H2,1-2H3,(H,21,23). The van der Waals surface area contributed by atoms with Gasteiger partial charge in [-0.25, -0.2) is 0 Å². The highest BCUT2D eigenvalue weighted by atomic mass is 16.5. The molecule has 0 aliphatic carbocycles. The van der Waals surface area contributed by atoms with Gasteiger partial charge < -0.3 is 29.4 Å². The average molecular weight is 359 g/mol. The molecule has 0 unspecified atom stereocenters. The Morgan fingerprint density at radius 3 is 2.58 bits per heavy atom. The van der Waals surface area contributed by atoms with Crippen molar-refractivity contribution in [2.24, 2.45) is 0 Å². The Labute approximate surface area is 153 Å². The van der Waals surface area contributed by atoms with E-state index in [1.165, 1.54) is 0 Å². The van der Waals surface area contributed by atoms with E-state index in [4.69, 9.17) is 14.2 Å². The van der Waals surface area contributed by atoms with Crippen molar-refractivity contribution in [1.29, 1.82) is 0 Å². The molecule has 140 valence electrons. The van der Waals surface area contributed by atoms with E-state index >= 15 is 0 Å². The van der Waals surface area contributed by atoms with Crippen LogP contribution >= 0.6 is 0 Å². The van der Waals surface area contributed by atoms with Crippen LogP contribution in [0.25, 0.3) is 0 Å². The molecule has 3 rings (SSSR count). The number of carbonyl (C=O) groups excluding carboxylic acids is 1. The lowest BCUT2D eigenvalue weighted by Crippen LogP contribution is -2.36.